The molecule has 1 N–H and O–H groups in total. The number of nitrogens with zero attached hydrogens (tertiary/aromatic N) is 2. The summed E-state index contributed by atoms with van der Waals surface area (Å²) in [6.45, 7) is 6.67. The number of sulfonamides is 1. The molecule has 1 amide bonds. The lowest BCUT2D eigenvalue weighted by atomic mass is 10.1. The normalized spacial score (nSPS) is 21.6. The fraction of sp³-hybridized carbons (Fsp3) is 0.435. The van der Waals surface area contributed by atoms with Crippen molar-refractivity contribution in [1.82, 2.24) is 10.2 Å². The van der Waals surface area contributed by atoms with E-state index in [0.717, 1.165) is 37.2 Å². The lowest BCUT2D eigenvalue weighted by molar-refractivity contribution is 0.0941. The number of nitrogens with one attached hydrogen (secondary N) is 1. The lowest BCUT2D eigenvalue weighted by Gasteiger charge is -2.25. The molecular weight excluding hydrogens is 398 g/mol. The molecule has 2 aromatic carbocycles. The summed E-state index contributed by atoms with van der Waals surface area (Å²) in [7, 11) is -3.76. The molecule has 0 radical (unpaired) electrons. The number of carbonyl (C=O) groups excluding carboxylic acids is 1. The van der Waals surface area contributed by atoms with E-state index in [1.165, 1.54) is 10.4 Å². The van der Waals surface area contributed by atoms with Crippen molar-refractivity contribution in [2.24, 2.45) is 0 Å². The molecule has 1 saturated heterocycles. The van der Waals surface area contributed by atoms with Crippen LogP contribution in [0.1, 0.15) is 42.6 Å². The zero-order chi connectivity index (χ0) is 21.3. The number of carbonyl (C=O) groups is 1. The fourth-order valence-electron chi connectivity index (χ4n) is 4.67. The Morgan fingerprint density at radius 2 is 1.97 bits per heavy atom. The minimum atomic E-state index is -3.76. The standard InChI is InChI=1S/C23H29N3O3S/c1-3-25-13-7-10-20(25)16-24-23(27)19-9-6-11-21(15-19)30(28,29)26-17(2)14-18-8-4-5-12-22(18)26/h4-6,8-9,11-12,15,17,20H,3,7,10,13-14,16H2,1-2H3,(H,24,27). The molecule has 160 valence electrons. The van der Waals surface area contributed by atoms with Gasteiger partial charge in [0.05, 0.1) is 10.6 Å². The van der Waals surface area contributed by atoms with Crippen LogP contribution in [0.15, 0.2) is 53.4 Å². The second-order valence-electron chi connectivity index (χ2n) is 8.15. The fourth-order valence-corrected chi connectivity index (χ4v) is 6.41. The van der Waals surface area contributed by atoms with E-state index in [-0.39, 0.29) is 16.8 Å². The van der Waals surface area contributed by atoms with Crippen LogP contribution in [0.2, 0.25) is 0 Å². The highest BCUT2D eigenvalue weighted by Gasteiger charge is 2.36. The Morgan fingerprint density at radius 1 is 1.17 bits per heavy atom. The molecule has 0 saturated carbocycles. The summed E-state index contributed by atoms with van der Waals surface area (Å²) in [4.78, 5) is 15.2. The molecule has 0 aliphatic carbocycles. The van der Waals surface area contributed by atoms with Crippen LogP contribution in [-0.2, 0) is 16.4 Å². The van der Waals surface area contributed by atoms with E-state index in [1.54, 1.807) is 18.2 Å². The average Bonchev–Trinajstić information content (AvgIpc) is 3.34. The summed E-state index contributed by atoms with van der Waals surface area (Å²) < 4.78 is 28.3. The van der Waals surface area contributed by atoms with E-state index in [4.69, 9.17) is 0 Å². The van der Waals surface area contributed by atoms with Crippen LogP contribution in [0, 0.1) is 0 Å². The second kappa shape index (κ2) is 8.40. The van der Waals surface area contributed by atoms with Gasteiger partial charge in [0.1, 0.15) is 0 Å². The van der Waals surface area contributed by atoms with Gasteiger partial charge in [-0.15, -0.1) is 0 Å². The summed E-state index contributed by atoms with van der Waals surface area (Å²) >= 11 is 0. The van der Waals surface area contributed by atoms with Gasteiger partial charge in [0.15, 0.2) is 0 Å². The van der Waals surface area contributed by atoms with Crippen molar-refractivity contribution in [3.63, 3.8) is 0 Å². The van der Waals surface area contributed by atoms with Gasteiger partial charge in [-0.3, -0.25) is 14.0 Å². The average molecular weight is 428 g/mol. The van der Waals surface area contributed by atoms with Crippen molar-refractivity contribution in [2.45, 2.75) is 50.1 Å². The molecule has 6 nitrogen and oxygen atoms in total. The Labute approximate surface area is 178 Å². The van der Waals surface area contributed by atoms with Gasteiger partial charge in [-0.2, -0.15) is 0 Å². The first-order chi connectivity index (χ1) is 14.4. The third-order valence-electron chi connectivity index (χ3n) is 6.20. The predicted octanol–water partition coefficient (Wildman–Crippen LogP) is 3.04. The van der Waals surface area contributed by atoms with Crippen LogP contribution in [0.3, 0.4) is 0 Å². The number of fused-ring (bicyclic) bond motifs is 1. The van der Waals surface area contributed by atoms with Crippen molar-refractivity contribution in [3.05, 3.63) is 59.7 Å². The molecule has 0 spiro atoms. The van der Waals surface area contributed by atoms with Crippen molar-refractivity contribution >= 4 is 21.6 Å². The summed E-state index contributed by atoms with van der Waals surface area (Å²) in [5.74, 6) is -0.232. The first-order valence-corrected chi connectivity index (χ1v) is 12.1. The summed E-state index contributed by atoms with van der Waals surface area (Å²) in [6.07, 6.45) is 2.91. The molecule has 7 heteroatoms. The van der Waals surface area contributed by atoms with Crippen LogP contribution in [0.25, 0.3) is 0 Å². The van der Waals surface area contributed by atoms with Gasteiger partial charge in [0.2, 0.25) is 0 Å². The Hall–Kier alpha value is -2.38. The van der Waals surface area contributed by atoms with Gasteiger partial charge in [0.25, 0.3) is 15.9 Å². The molecule has 0 aromatic heterocycles. The van der Waals surface area contributed by atoms with E-state index in [1.807, 2.05) is 31.2 Å². The van der Waals surface area contributed by atoms with E-state index >= 15 is 0 Å². The molecule has 4 rings (SSSR count). The van der Waals surface area contributed by atoms with Gasteiger partial charge in [-0.1, -0.05) is 31.2 Å². The molecular formula is C23H29N3O3S. The highest BCUT2D eigenvalue weighted by Crippen LogP contribution is 2.36. The monoisotopic (exact) mass is 427 g/mol. The molecule has 1 fully saturated rings. The van der Waals surface area contributed by atoms with Crippen LogP contribution in [-0.4, -0.2) is 50.9 Å². The highest BCUT2D eigenvalue weighted by molar-refractivity contribution is 7.92. The Kier molecular flexibility index (Phi) is 5.84. The number of amides is 1. The second-order valence-corrected chi connectivity index (χ2v) is 9.96. The number of likely N-dealkylation sites (tertiary alicyclic amines) is 1. The number of para-hydroxylation sites is 1. The highest BCUT2D eigenvalue weighted by atomic mass is 32.2. The smallest absolute Gasteiger partial charge is 0.264 e. The summed E-state index contributed by atoms with van der Waals surface area (Å²) in [5, 5.41) is 2.99. The molecule has 2 aliphatic heterocycles. The minimum Gasteiger partial charge on any atom is -0.350 e. The van der Waals surface area contributed by atoms with Gasteiger partial charge >= 0.3 is 0 Å². The lowest BCUT2D eigenvalue weighted by Crippen LogP contribution is -2.40. The quantitative estimate of drug-likeness (QED) is 0.769. The first kappa shape index (κ1) is 20.9. The zero-order valence-corrected chi connectivity index (χ0v) is 18.4. The van der Waals surface area contributed by atoms with Crippen molar-refractivity contribution < 1.29 is 13.2 Å². The van der Waals surface area contributed by atoms with Crippen LogP contribution < -0.4 is 9.62 Å². The van der Waals surface area contributed by atoms with Gasteiger partial charge in [0, 0.05) is 24.2 Å². The zero-order valence-electron chi connectivity index (χ0n) is 17.5. The van der Waals surface area contributed by atoms with E-state index in [2.05, 4.69) is 17.1 Å². The van der Waals surface area contributed by atoms with Crippen LogP contribution >= 0.6 is 0 Å². The number of rotatable bonds is 6. The Bertz CT molecular complexity index is 1040. The van der Waals surface area contributed by atoms with Crippen molar-refractivity contribution in [1.29, 1.82) is 0 Å². The topological polar surface area (TPSA) is 69.7 Å². The third kappa shape index (κ3) is 3.84. The number of hydrogen-bond donors (Lipinski definition) is 1. The molecule has 2 aromatic rings. The number of likely N-dealkylation sites (N-methyl/N-ethyl adjacent to an activating group) is 1. The SMILES string of the molecule is CCN1CCCC1CNC(=O)c1cccc(S(=O)(=O)N2c3ccccc3CC2C)c1. The Balaban J connectivity index is 1.53. The van der Waals surface area contributed by atoms with Crippen molar-refractivity contribution in [2.75, 3.05) is 23.9 Å². The largest absolute Gasteiger partial charge is 0.350 e. The maximum atomic E-state index is 13.4. The first-order valence-electron chi connectivity index (χ1n) is 10.7. The third-order valence-corrected chi connectivity index (χ3v) is 8.13. The van der Waals surface area contributed by atoms with E-state index in [0.29, 0.717) is 24.6 Å². The molecule has 2 atom stereocenters. The molecule has 0 bridgehead atoms. The maximum absolute atomic E-state index is 13.4. The molecule has 30 heavy (non-hydrogen) atoms. The van der Waals surface area contributed by atoms with Crippen LogP contribution in [0.4, 0.5) is 5.69 Å². The van der Waals surface area contributed by atoms with Crippen molar-refractivity contribution in [3.8, 4) is 0 Å². The van der Waals surface area contributed by atoms with E-state index in [9.17, 15) is 13.2 Å². The van der Waals surface area contributed by atoms with E-state index < -0.39 is 10.0 Å². The van der Waals surface area contributed by atoms with Gasteiger partial charge in [-0.25, -0.2) is 8.42 Å². The predicted molar refractivity (Wildman–Crippen MR) is 118 cm³/mol. The number of hydrogen-bond acceptors (Lipinski definition) is 4. The number of benzene rings is 2. The minimum absolute atomic E-state index is 0.148. The summed E-state index contributed by atoms with van der Waals surface area (Å²) in [5.41, 5.74) is 2.12. The van der Waals surface area contributed by atoms with Crippen LogP contribution in [0.5, 0.6) is 0 Å². The summed E-state index contributed by atoms with van der Waals surface area (Å²) in [6, 6.07) is 14.1. The molecule has 2 heterocycles. The molecule has 2 unspecified atom stereocenters. The van der Waals surface area contributed by atoms with Gasteiger partial charge < -0.3 is 5.32 Å². The number of anilines is 1. The Morgan fingerprint density at radius 3 is 2.77 bits per heavy atom. The molecule has 2 aliphatic rings. The van der Waals surface area contributed by atoms with Gasteiger partial charge in [-0.05, 0) is 69.1 Å². The maximum Gasteiger partial charge on any atom is 0.264 e.